The van der Waals surface area contributed by atoms with Gasteiger partial charge in [-0.15, -0.1) is 11.8 Å². The molecule has 23 heavy (non-hydrogen) atoms. The first kappa shape index (κ1) is 19.5. The third-order valence-corrected chi connectivity index (χ3v) is 5.00. The molecule has 2 amide bonds. The molecule has 0 aromatic carbocycles. The molecule has 0 radical (unpaired) electrons. The molecule has 1 atom stereocenters. The molecule has 1 aromatic rings. The second kappa shape index (κ2) is 8.93. The van der Waals surface area contributed by atoms with Crippen molar-refractivity contribution >= 4 is 29.4 Å². The van der Waals surface area contributed by atoms with Crippen molar-refractivity contribution in [3.8, 4) is 0 Å². The van der Waals surface area contributed by atoms with Gasteiger partial charge in [0.1, 0.15) is 5.76 Å². The van der Waals surface area contributed by atoms with Gasteiger partial charge in [0.25, 0.3) is 0 Å². The third kappa shape index (κ3) is 5.87. The van der Waals surface area contributed by atoms with Gasteiger partial charge in [-0.05, 0) is 26.7 Å². The minimum absolute atomic E-state index is 0.110. The van der Waals surface area contributed by atoms with Gasteiger partial charge in [-0.1, -0.05) is 19.0 Å². The summed E-state index contributed by atoms with van der Waals surface area (Å²) in [6.07, 6.45) is 1.55. The Morgan fingerprint density at radius 3 is 2.57 bits per heavy atom. The topological polar surface area (TPSA) is 110 Å². The molecular formula is C15H26N4O3S. The zero-order chi connectivity index (χ0) is 17.5. The minimum Gasteiger partial charge on any atom is -0.360 e. The molecule has 0 aliphatic heterocycles. The second-order valence-electron chi connectivity index (χ2n) is 5.51. The lowest BCUT2D eigenvalue weighted by atomic mass is 9.93. The van der Waals surface area contributed by atoms with Gasteiger partial charge < -0.3 is 20.9 Å². The van der Waals surface area contributed by atoms with Gasteiger partial charge in [-0.2, -0.15) is 0 Å². The molecule has 1 aromatic heterocycles. The van der Waals surface area contributed by atoms with Gasteiger partial charge in [-0.3, -0.25) is 9.59 Å². The van der Waals surface area contributed by atoms with Crippen molar-refractivity contribution in [1.29, 1.82) is 0 Å². The molecule has 0 fully saturated rings. The molecular weight excluding hydrogens is 316 g/mol. The van der Waals surface area contributed by atoms with Crippen LogP contribution in [0.15, 0.2) is 10.6 Å². The van der Waals surface area contributed by atoms with E-state index in [0.29, 0.717) is 18.1 Å². The van der Waals surface area contributed by atoms with Crippen LogP contribution in [-0.2, 0) is 9.59 Å². The molecule has 0 spiro atoms. The van der Waals surface area contributed by atoms with Crippen LogP contribution in [0.5, 0.6) is 0 Å². The first-order valence-corrected chi connectivity index (χ1v) is 8.77. The average Bonchev–Trinajstić information content (AvgIpc) is 2.95. The fourth-order valence-electron chi connectivity index (χ4n) is 2.03. The quantitative estimate of drug-likeness (QED) is 0.630. The maximum absolute atomic E-state index is 12.1. The van der Waals surface area contributed by atoms with Crippen LogP contribution in [0.1, 0.15) is 39.4 Å². The molecule has 0 saturated carbocycles. The highest BCUT2D eigenvalue weighted by atomic mass is 32.2. The van der Waals surface area contributed by atoms with E-state index in [0.717, 1.165) is 12.8 Å². The minimum atomic E-state index is -0.381. The van der Waals surface area contributed by atoms with Crippen LogP contribution in [0, 0.1) is 6.92 Å². The SMILES string of the molecule is CCC(CC)(CN)NC(=O)CSC(C)C(=O)Nc1cc(C)on1. The monoisotopic (exact) mass is 342 g/mol. The largest absolute Gasteiger partial charge is 0.360 e. The van der Waals surface area contributed by atoms with Crippen LogP contribution in [0.4, 0.5) is 5.82 Å². The summed E-state index contributed by atoms with van der Waals surface area (Å²) in [4.78, 5) is 24.1. The van der Waals surface area contributed by atoms with Crippen LogP contribution < -0.4 is 16.4 Å². The molecule has 130 valence electrons. The van der Waals surface area contributed by atoms with Crippen molar-refractivity contribution in [2.75, 3.05) is 17.6 Å². The molecule has 8 heteroatoms. The number of nitrogens with one attached hydrogen (secondary N) is 2. The number of carbonyl (C=O) groups excluding carboxylic acids is 2. The van der Waals surface area contributed by atoms with Crippen molar-refractivity contribution in [2.45, 2.75) is 51.3 Å². The zero-order valence-corrected chi connectivity index (χ0v) is 15.0. The molecule has 0 bridgehead atoms. The Bertz CT molecular complexity index is 520. The first-order chi connectivity index (χ1) is 10.9. The molecule has 1 rings (SSSR count). The Labute approximate surface area is 141 Å². The van der Waals surface area contributed by atoms with E-state index in [-0.39, 0.29) is 28.4 Å². The summed E-state index contributed by atoms with van der Waals surface area (Å²) in [7, 11) is 0. The van der Waals surface area contributed by atoms with Gasteiger partial charge in [0.05, 0.1) is 16.5 Å². The predicted octanol–water partition coefficient (Wildman–Crippen LogP) is 1.68. The van der Waals surface area contributed by atoms with E-state index >= 15 is 0 Å². The molecule has 0 aliphatic carbocycles. The number of nitrogens with zero attached hydrogens (tertiary/aromatic N) is 1. The van der Waals surface area contributed by atoms with Crippen LogP contribution in [-0.4, -0.2) is 40.1 Å². The molecule has 1 unspecified atom stereocenters. The lowest BCUT2D eigenvalue weighted by Crippen LogP contribution is -2.53. The number of hydrogen-bond donors (Lipinski definition) is 3. The first-order valence-electron chi connectivity index (χ1n) is 7.72. The lowest BCUT2D eigenvalue weighted by molar-refractivity contribution is -0.120. The highest BCUT2D eigenvalue weighted by Crippen LogP contribution is 2.16. The van der Waals surface area contributed by atoms with Gasteiger partial charge >= 0.3 is 0 Å². The Hall–Kier alpha value is -1.54. The molecule has 7 nitrogen and oxygen atoms in total. The number of amides is 2. The zero-order valence-electron chi connectivity index (χ0n) is 14.1. The number of aromatic nitrogens is 1. The number of nitrogens with two attached hydrogens (primary N) is 1. The van der Waals surface area contributed by atoms with E-state index < -0.39 is 0 Å². The fraction of sp³-hybridized carbons (Fsp3) is 0.667. The summed E-state index contributed by atoms with van der Waals surface area (Å²) in [5, 5.41) is 8.96. The van der Waals surface area contributed by atoms with Gasteiger partial charge in [0, 0.05) is 12.6 Å². The number of aryl methyl sites for hydroxylation is 1. The number of rotatable bonds is 9. The van der Waals surface area contributed by atoms with Gasteiger partial charge in [0.2, 0.25) is 11.8 Å². The van der Waals surface area contributed by atoms with Crippen LogP contribution >= 0.6 is 11.8 Å². The van der Waals surface area contributed by atoms with E-state index in [2.05, 4.69) is 15.8 Å². The Balaban J connectivity index is 2.44. The number of thioether (sulfide) groups is 1. The summed E-state index contributed by atoms with van der Waals surface area (Å²) in [6.45, 7) is 7.89. The van der Waals surface area contributed by atoms with E-state index in [9.17, 15) is 9.59 Å². The van der Waals surface area contributed by atoms with E-state index in [1.54, 1.807) is 19.9 Å². The van der Waals surface area contributed by atoms with Crippen LogP contribution in [0.2, 0.25) is 0 Å². The summed E-state index contributed by atoms with van der Waals surface area (Å²) in [5.41, 5.74) is 5.41. The van der Waals surface area contributed by atoms with Crippen LogP contribution in [0.3, 0.4) is 0 Å². The van der Waals surface area contributed by atoms with Crippen molar-refractivity contribution in [2.24, 2.45) is 5.73 Å². The summed E-state index contributed by atoms with van der Waals surface area (Å²) >= 11 is 1.27. The van der Waals surface area contributed by atoms with Crippen molar-refractivity contribution in [3.05, 3.63) is 11.8 Å². The summed E-state index contributed by atoms with van der Waals surface area (Å²) in [5.74, 6) is 0.878. The van der Waals surface area contributed by atoms with Crippen LogP contribution in [0.25, 0.3) is 0 Å². The van der Waals surface area contributed by atoms with E-state index in [4.69, 9.17) is 10.3 Å². The molecule has 0 saturated heterocycles. The maximum Gasteiger partial charge on any atom is 0.238 e. The number of anilines is 1. The smallest absolute Gasteiger partial charge is 0.238 e. The molecule has 0 aliphatic rings. The van der Waals surface area contributed by atoms with E-state index in [1.807, 2.05) is 13.8 Å². The predicted molar refractivity (Wildman–Crippen MR) is 92.3 cm³/mol. The lowest BCUT2D eigenvalue weighted by Gasteiger charge is -2.31. The summed E-state index contributed by atoms with van der Waals surface area (Å²) in [6, 6.07) is 1.64. The number of carbonyl (C=O) groups is 2. The highest BCUT2D eigenvalue weighted by Gasteiger charge is 2.26. The van der Waals surface area contributed by atoms with Crippen molar-refractivity contribution < 1.29 is 14.1 Å². The average molecular weight is 342 g/mol. The second-order valence-corrected chi connectivity index (χ2v) is 6.83. The highest BCUT2D eigenvalue weighted by molar-refractivity contribution is 8.01. The Morgan fingerprint density at radius 2 is 2.09 bits per heavy atom. The van der Waals surface area contributed by atoms with E-state index in [1.165, 1.54) is 11.8 Å². The molecule has 1 heterocycles. The van der Waals surface area contributed by atoms with Crippen molar-refractivity contribution in [1.82, 2.24) is 10.5 Å². The third-order valence-electron chi connectivity index (χ3n) is 3.86. The molecule has 4 N–H and O–H groups in total. The normalized spacial score (nSPS) is 12.7. The number of hydrogen-bond acceptors (Lipinski definition) is 6. The Kier molecular flexibility index (Phi) is 7.57. The Morgan fingerprint density at radius 1 is 1.43 bits per heavy atom. The fourth-order valence-corrected chi connectivity index (χ4v) is 2.71. The van der Waals surface area contributed by atoms with Gasteiger partial charge in [-0.25, -0.2) is 0 Å². The summed E-state index contributed by atoms with van der Waals surface area (Å²) < 4.78 is 4.89. The standard InChI is InChI=1S/C15H26N4O3S/c1-5-15(6-2,9-16)18-13(20)8-23-11(4)14(21)17-12-7-10(3)22-19-12/h7,11H,5-6,8-9,16H2,1-4H3,(H,18,20)(H,17,19,21). The maximum atomic E-state index is 12.1. The van der Waals surface area contributed by atoms with Gasteiger partial charge in [0.15, 0.2) is 5.82 Å². The van der Waals surface area contributed by atoms with Crippen molar-refractivity contribution in [3.63, 3.8) is 0 Å².